The Kier molecular flexibility index (Phi) is 6.46. The molecule has 3 rings (SSSR count). The van der Waals surface area contributed by atoms with E-state index in [4.69, 9.17) is 12.2 Å². The van der Waals surface area contributed by atoms with Crippen molar-refractivity contribution in [2.24, 2.45) is 12.1 Å². The minimum atomic E-state index is -0.0945. The van der Waals surface area contributed by atoms with Gasteiger partial charge in [-0.3, -0.25) is 14.9 Å². The fraction of sp³-hybridized carbons (Fsp3) is 0.190. The van der Waals surface area contributed by atoms with Crippen LogP contribution in [-0.4, -0.2) is 27.2 Å². The zero-order valence-corrected chi connectivity index (χ0v) is 17.5. The van der Waals surface area contributed by atoms with Crippen LogP contribution in [0.15, 0.2) is 64.5 Å². The summed E-state index contributed by atoms with van der Waals surface area (Å²) in [5.41, 5.74) is 6.62. The number of hydrogen-bond donors (Lipinski definition) is 3. The molecular weight excluding hydrogens is 384 g/mol. The lowest BCUT2D eigenvalue weighted by atomic mass is 10.2. The number of benzene rings is 2. The van der Waals surface area contributed by atoms with Crippen LogP contribution in [0.2, 0.25) is 0 Å². The molecule has 3 aromatic rings. The molecule has 150 valence electrons. The average molecular weight is 409 g/mol. The molecule has 1 aromatic heterocycles. The molecule has 0 aliphatic heterocycles. The summed E-state index contributed by atoms with van der Waals surface area (Å²) in [6.45, 7) is 4.63. The molecule has 0 spiro atoms. The summed E-state index contributed by atoms with van der Waals surface area (Å²) < 4.78 is 3.50. The second kappa shape index (κ2) is 9.20. The molecule has 0 atom stereocenters. The molecule has 0 saturated carbocycles. The van der Waals surface area contributed by atoms with E-state index in [1.807, 2.05) is 80.2 Å². The first kappa shape index (κ1) is 20.3. The van der Waals surface area contributed by atoms with Crippen LogP contribution in [-0.2, 0) is 7.05 Å². The van der Waals surface area contributed by atoms with Crippen LogP contribution in [0.4, 0.5) is 11.4 Å². The van der Waals surface area contributed by atoms with Crippen LogP contribution in [0.3, 0.4) is 0 Å². The molecule has 1 heterocycles. The monoisotopic (exact) mass is 408 g/mol. The van der Waals surface area contributed by atoms with Crippen molar-refractivity contribution in [3.05, 3.63) is 76.2 Å². The fourth-order valence-corrected chi connectivity index (χ4v) is 3.07. The van der Waals surface area contributed by atoms with E-state index in [9.17, 15) is 4.79 Å². The molecule has 0 fully saturated rings. The third-order valence-electron chi connectivity index (χ3n) is 4.45. The predicted molar refractivity (Wildman–Crippen MR) is 122 cm³/mol. The summed E-state index contributed by atoms with van der Waals surface area (Å²) in [5, 5.41) is 10.8. The van der Waals surface area contributed by atoms with Gasteiger partial charge in [0.25, 0.3) is 5.56 Å². The van der Waals surface area contributed by atoms with Crippen molar-refractivity contribution in [2.45, 2.75) is 13.8 Å². The van der Waals surface area contributed by atoms with E-state index in [1.54, 1.807) is 10.9 Å². The summed E-state index contributed by atoms with van der Waals surface area (Å²) in [6.07, 6.45) is 1.68. The van der Waals surface area contributed by atoms with Crippen molar-refractivity contribution in [2.75, 3.05) is 11.9 Å². The second-order valence-corrected chi connectivity index (χ2v) is 6.82. The SMILES string of the molecule is CCNC(=S)N/N=C\c1ccc(Nc2c(C)n(C)n(-c3ccccc3)c2=O)cc1. The Morgan fingerprint density at radius 1 is 1.14 bits per heavy atom. The first-order valence-corrected chi connectivity index (χ1v) is 9.70. The third-order valence-corrected chi connectivity index (χ3v) is 4.69. The second-order valence-electron chi connectivity index (χ2n) is 6.41. The number of para-hydroxylation sites is 1. The smallest absolute Gasteiger partial charge is 0.295 e. The van der Waals surface area contributed by atoms with Gasteiger partial charge in [-0.25, -0.2) is 4.68 Å². The Morgan fingerprint density at radius 3 is 2.48 bits per heavy atom. The standard InChI is InChI=1S/C21H24N6OS/c1-4-22-21(29)25-23-14-16-10-12-17(13-11-16)24-19-15(2)26(3)27(20(19)28)18-8-6-5-7-9-18/h5-14,24H,4H2,1-3H3,(H2,22,25,29)/b23-14-. The van der Waals surface area contributed by atoms with Gasteiger partial charge in [-0.2, -0.15) is 5.10 Å². The molecule has 0 bridgehead atoms. The number of aromatic nitrogens is 2. The van der Waals surface area contributed by atoms with Gasteiger partial charge in [0.05, 0.1) is 17.6 Å². The molecule has 2 aromatic carbocycles. The van der Waals surface area contributed by atoms with Crippen LogP contribution in [0.5, 0.6) is 0 Å². The molecule has 0 amide bonds. The van der Waals surface area contributed by atoms with Crippen LogP contribution in [0, 0.1) is 6.92 Å². The van der Waals surface area contributed by atoms with Gasteiger partial charge in [0.1, 0.15) is 5.69 Å². The molecule has 3 N–H and O–H groups in total. The van der Waals surface area contributed by atoms with Crippen molar-refractivity contribution in [3.8, 4) is 5.69 Å². The molecular formula is C21H24N6OS. The Bertz CT molecular complexity index is 1070. The summed E-state index contributed by atoms with van der Waals surface area (Å²) in [4.78, 5) is 13.0. The molecule has 0 aliphatic carbocycles. The number of nitrogens with one attached hydrogen (secondary N) is 3. The molecule has 0 unspecified atom stereocenters. The van der Waals surface area contributed by atoms with Crippen LogP contribution in [0.25, 0.3) is 5.69 Å². The Balaban J connectivity index is 1.77. The Morgan fingerprint density at radius 2 is 1.83 bits per heavy atom. The largest absolute Gasteiger partial charge is 0.362 e. The van der Waals surface area contributed by atoms with Gasteiger partial charge in [-0.1, -0.05) is 30.3 Å². The van der Waals surface area contributed by atoms with E-state index in [0.717, 1.165) is 29.2 Å². The summed E-state index contributed by atoms with van der Waals surface area (Å²) in [6, 6.07) is 17.2. The highest BCUT2D eigenvalue weighted by Crippen LogP contribution is 2.19. The number of hydrogen-bond acceptors (Lipinski definition) is 4. The van der Waals surface area contributed by atoms with E-state index in [-0.39, 0.29) is 5.56 Å². The van der Waals surface area contributed by atoms with Gasteiger partial charge in [0, 0.05) is 19.3 Å². The van der Waals surface area contributed by atoms with E-state index in [0.29, 0.717) is 10.8 Å². The van der Waals surface area contributed by atoms with Crippen LogP contribution in [0.1, 0.15) is 18.2 Å². The lowest BCUT2D eigenvalue weighted by Crippen LogP contribution is -2.31. The fourth-order valence-electron chi connectivity index (χ4n) is 2.87. The lowest BCUT2D eigenvalue weighted by Gasteiger charge is -2.07. The van der Waals surface area contributed by atoms with E-state index in [2.05, 4.69) is 21.2 Å². The van der Waals surface area contributed by atoms with Crippen molar-refractivity contribution in [1.29, 1.82) is 0 Å². The van der Waals surface area contributed by atoms with Crippen molar-refractivity contribution in [3.63, 3.8) is 0 Å². The third kappa shape index (κ3) is 4.72. The number of thiocarbonyl (C=S) groups is 1. The van der Waals surface area contributed by atoms with E-state index >= 15 is 0 Å². The van der Waals surface area contributed by atoms with Gasteiger partial charge >= 0.3 is 0 Å². The summed E-state index contributed by atoms with van der Waals surface area (Å²) in [5.74, 6) is 0. The highest BCUT2D eigenvalue weighted by Gasteiger charge is 2.16. The van der Waals surface area contributed by atoms with Crippen molar-refractivity contribution < 1.29 is 0 Å². The molecule has 8 heteroatoms. The van der Waals surface area contributed by atoms with Crippen LogP contribution >= 0.6 is 12.2 Å². The zero-order chi connectivity index (χ0) is 20.8. The highest BCUT2D eigenvalue weighted by atomic mass is 32.1. The maximum absolute atomic E-state index is 13.0. The number of rotatable bonds is 6. The summed E-state index contributed by atoms with van der Waals surface area (Å²) in [7, 11) is 1.87. The van der Waals surface area contributed by atoms with Crippen molar-refractivity contribution in [1.82, 2.24) is 20.1 Å². The molecule has 0 saturated heterocycles. The minimum Gasteiger partial charge on any atom is -0.362 e. The van der Waals surface area contributed by atoms with Crippen LogP contribution < -0.4 is 21.6 Å². The predicted octanol–water partition coefficient (Wildman–Crippen LogP) is 3.05. The van der Waals surface area contributed by atoms with Gasteiger partial charge in [-0.15, -0.1) is 0 Å². The van der Waals surface area contributed by atoms with Crippen molar-refractivity contribution >= 4 is 34.9 Å². The molecule has 7 nitrogen and oxygen atoms in total. The first-order chi connectivity index (χ1) is 14.0. The topological polar surface area (TPSA) is 75.4 Å². The minimum absolute atomic E-state index is 0.0945. The van der Waals surface area contributed by atoms with E-state index < -0.39 is 0 Å². The Hall–Kier alpha value is -3.39. The van der Waals surface area contributed by atoms with Gasteiger partial charge in [0.15, 0.2) is 5.11 Å². The van der Waals surface area contributed by atoms with Gasteiger partial charge in [-0.05, 0) is 55.9 Å². The maximum atomic E-state index is 13.0. The van der Waals surface area contributed by atoms with Gasteiger partial charge < -0.3 is 10.6 Å². The highest BCUT2D eigenvalue weighted by molar-refractivity contribution is 7.80. The number of hydrazone groups is 1. The van der Waals surface area contributed by atoms with Gasteiger partial charge in [0.2, 0.25) is 0 Å². The lowest BCUT2D eigenvalue weighted by molar-refractivity contribution is 0.630. The first-order valence-electron chi connectivity index (χ1n) is 9.29. The normalized spacial score (nSPS) is 10.9. The van der Waals surface area contributed by atoms with E-state index in [1.165, 1.54) is 0 Å². The molecule has 29 heavy (non-hydrogen) atoms. The number of anilines is 2. The zero-order valence-electron chi connectivity index (χ0n) is 16.6. The average Bonchev–Trinajstić information content (AvgIpc) is 2.93. The summed E-state index contributed by atoms with van der Waals surface area (Å²) >= 11 is 5.05. The maximum Gasteiger partial charge on any atom is 0.295 e. The molecule has 0 aliphatic rings. The number of nitrogens with zero attached hydrogens (tertiary/aromatic N) is 3. The quantitative estimate of drug-likeness (QED) is 0.332. The molecule has 0 radical (unpaired) electrons. The Labute approximate surface area is 175 Å².